The Morgan fingerprint density at radius 2 is 1.71 bits per heavy atom. The smallest absolute Gasteiger partial charge is 0.242 e. The number of benzene rings is 2. The Balaban J connectivity index is 1.84. The number of imidazole rings is 1. The van der Waals surface area contributed by atoms with Crippen LogP contribution in [0, 0.1) is 6.92 Å². The van der Waals surface area contributed by atoms with Gasteiger partial charge < -0.3 is 14.2 Å². The topological polar surface area (TPSA) is 47.4 Å². The zero-order valence-corrected chi connectivity index (χ0v) is 17.0. The first-order chi connectivity index (χ1) is 13.6. The molecule has 0 saturated heterocycles. The van der Waals surface area contributed by atoms with Crippen molar-refractivity contribution >= 4 is 16.9 Å². The van der Waals surface area contributed by atoms with Crippen molar-refractivity contribution in [3.63, 3.8) is 0 Å². The summed E-state index contributed by atoms with van der Waals surface area (Å²) < 4.78 is 7.94. The number of carbonyl (C=O) groups is 1. The number of para-hydroxylation sites is 2. The summed E-state index contributed by atoms with van der Waals surface area (Å²) in [5.41, 5.74) is 3.04. The molecule has 3 aromatic rings. The maximum absolute atomic E-state index is 12.9. The van der Waals surface area contributed by atoms with Crippen LogP contribution in [-0.2, 0) is 17.9 Å². The highest BCUT2D eigenvalue weighted by Crippen LogP contribution is 2.19. The molecule has 0 saturated carbocycles. The number of carbonyl (C=O) groups excluding carboxylic acids is 1. The summed E-state index contributed by atoms with van der Waals surface area (Å²) in [6.45, 7) is 8.43. The number of aryl methyl sites for hydroxylation is 1. The number of fused-ring (bicyclic) bond motifs is 1. The predicted octanol–water partition coefficient (Wildman–Crippen LogP) is 4.57. The van der Waals surface area contributed by atoms with E-state index in [1.807, 2.05) is 64.9 Å². The van der Waals surface area contributed by atoms with Gasteiger partial charge in [0.25, 0.3) is 0 Å². The van der Waals surface area contributed by atoms with Crippen LogP contribution < -0.4 is 4.74 Å². The van der Waals surface area contributed by atoms with Crippen molar-refractivity contribution in [3.05, 3.63) is 59.9 Å². The molecular formula is C23H29N3O2. The van der Waals surface area contributed by atoms with Crippen LogP contribution in [0.4, 0.5) is 0 Å². The molecule has 3 rings (SSSR count). The average molecular weight is 380 g/mol. The average Bonchev–Trinajstić information content (AvgIpc) is 3.05. The van der Waals surface area contributed by atoms with E-state index in [2.05, 4.69) is 13.8 Å². The third-order valence-corrected chi connectivity index (χ3v) is 4.76. The van der Waals surface area contributed by atoms with Gasteiger partial charge in [0.05, 0.1) is 11.0 Å². The second kappa shape index (κ2) is 9.40. The molecule has 1 aromatic heterocycles. The van der Waals surface area contributed by atoms with E-state index >= 15 is 0 Å². The highest BCUT2D eigenvalue weighted by molar-refractivity contribution is 5.81. The fourth-order valence-electron chi connectivity index (χ4n) is 3.33. The van der Waals surface area contributed by atoms with Crippen LogP contribution in [0.2, 0.25) is 0 Å². The van der Waals surface area contributed by atoms with Crippen LogP contribution in [0.3, 0.4) is 0 Å². The minimum atomic E-state index is 0.128. The molecule has 5 heteroatoms. The number of rotatable bonds is 9. The normalized spacial score (nSPS) is 11.0. The highest BCUT2D eigenvalue weighted by atomic mass is 16.5. The molecule has 0 aliphatic rings. The molecule has 0 radical (unpaired) electrons. The van der Waals surface area contributed by atoms with Gasteiger partial charge >= 0.3 is 0 Å². The van der Waals surface area contributed by atoms with Gasteiger partial charge in [-0.05, 0) is 44.0 Å². The van der Waals surface area contributed by atoms with E-state index in [9.17, 15) is 4.79 Å². The third-order valence-electron chi connectivity index (χ3n) is 4.76. The lowest BCUT2D eigenvalue weighted by Crippen LogP contribution is -2.35. The van der Waals surface area contributed by atoms with Crippen molar-refractivity contribution < 1.29 is 9.53 Å². The van der Waals surface area contributed by atoms with Crippen LogP contribution in [-0.4, -0.2) is 33.4 Å². The van der Waals surface area contributed by atoms with Crippen LogP contribution in [0.25, 0.3) is 11.0 Å². The van der Waals surface area contributed by atoms with Gasteiger partial charge in [-0.15, -0.1) is 0 Å². The Hall–Kier alpha value is -2.82. The molecule has 0 N–H and O–H groups in total. The minimum absolute atomic E-state index is 0.128. The summed E-state index contributed by atoms with van der Waals surface area (Å²) >= 11 is 0. The van der Waals surface area contributed by atoms with Crippen LogP contribution in [0.15, 0.2) is 48.5 Å². The molecule has 2 aromatic carbocycles. The monoisotopic (exact) mass is 379 g/mol. The fraction of sp³-hybridized carbons (Fsp3) is 0.391. The first-order valence-corrected chi connectivity index (χ1v) is 10.0. The number of hydrogen-bond acceptors (Lipinski definition) is 3. The van der Waals surface area contributed by atoms with Gasteiger partial charge in [0, 0.05) is 13.1 Å². The maximum Gasteiger partial charge on any atom is 0.242 e. The quantitative estimate of drug-likeness (QED) is 0.547. The molecule has 0 unspecified atom stereocenters. The molecule has 0 atom stereocenters. The number of aromatic nitrogens is 2. The lowest BCUT2D eigenvalue weighted by atomic mass is 10.2. The summed E-state index contributed by atoms with van der Waals surface area (Å²) in [6.07, 6.45) is 1.92. The molecule has 0 aliphatic heterocycles. The van der Waals surface area contributed by atoms with E-state index in [1.54, 1.807) is 0 Å². The Morgan fingerprint density at radius 3 is 2.39 bits per heavy atom. The largest absolute Gasteiger partial charge is 0.486 e. The molecule has 0 bridgehead atoms. The lowest BCUT2D eigenvalue weighted by molar-refractivity contribution is -0.131. The van der Waals surface area contributed by atoms with Gasteiger partial charge in [-0.1, -0.05) is 43.7 Å². The molecule has 0 spiro atoms. The zero-order valence-electron chi connectivity index (χ0n) is 17.0. The Kier molecular flexibility index (Phi) is 6.69. The van der Waals surface area contributed by atoms with Gasteiger partial charge in [-0.25, -0.2) is 4.98 Å². The molecule has 28 heavy (non-hydrogen) atoms. The van der Waals surface area contributed by atoms with Gasteiger partial charge in [0.2, 0.25) is 5.91 Å². The molecule has 148 valence electrons. The van der Waals surface area contributed by atoms with Gasteiger partial charge in [-0.3, -0.25) is 4.79 Å². The van der Waals surface area contributed by atoms with E-state index in [-0.39, 0.29) is 12.5 Å². The highest BCUT2D eigenvalue weighted by Gasteiger charge is 2.18. The summed E-state index contributed by atoms with van der Waals surface area (Å²) in [7, 11) is 0. The minimum Gasteiger partial charge on any atom is -0.486 e. The number of ether oxygens (including phenoxy) is 1. The van der Waals surface area contributed by atoms with Crippen LogP contribution >= 0.6 is 0 Å². The second-order valence-electron chi connectivity index (χ2n) is 7.09. The first kappa shape index (κ1) is 19.9. The van der Waals surface area contributed by atoms with Gasteiger partial charge in [-0.2, -0.15) is 0 Å². The van der Waals surface area contributed by atoms with Crippen molar-refractivity contribution in [3.8, 4) is 5.75 Å². The van der Waals surface area contributed by atoms with Gasteiger partial charge in [0.1, 0.15) is 24.7 Å². The zero-order chi connectivity index (χ0) is 19.9. The molecule has 0 fully saturated rings. The molecular weight excluding hydrogens is 350 g/mol. The van der Waals surface area contributed by atoms with Crippen molar-refractivity contribution in [2.45, 2.75) is 46.8 Å². The lowest BCUT2D eigenvalue weighted by Gasteiger charge is -2.22. The SMILES string of the molecule is CCCN(CCC)C(=O)Cn1c(COc2ccc(C)cc2)nc2ccccc21. The molecule has 5 nitrogen and oxygen atoms in total. The summed E-state index contributed by atoms with van der Waals surface area (Å²) in [4.78, 5) is 19.6. The Morgan fingerprint density at radius 1 is 1.04 bits per heavy atom. The van der Waals surface area contributed by atoms with Crippen LogP contribution in [0.1, 0.15) is 38.1 Å². The van der Waals surface area contributed by atoms with Crippen molar-refractivity contribution in [1.29, 1.82) is 0 Å². The number of amides is 1. The van der Waals surface area contributed by atoms with Crippen LogP contribution in [0.5, 0.6) is 5.75 Å². The number of nitrogens with zero attached hydrogens (tertiary/aromatic N) is 3. The van der Waals surface area contributed by atoms with E-state index in [1.165, 1.54) is 5.56 Å². The number of hydrogen-bond donors (Lipinski definition) is 0. The summed E-state index contributed by atoms with van der Waals surface area (Å²) in [6, 6.07) is 15.9. The van der Waals surface area contributed by atoms with E-state index in [4.69, 9.17) is 9.72 Å². The second-order valence-corrected chi connectivity index (χ2v) is 7.09. The standard InChI is InChI=1S/C23H29N3O2/c1-4-14-25(15-5-2)23(27)16-26-21-9-7-6-8-20(21)24-22(26)17-28-19-12-10-18(3)11-13-19/h6-13H,4-5,14-17H2,1-3H3. The van der Waals surface area contributed by atoms with Crippen molar-refractivity contribution in [2.24, 2.45) is 0 Å². The third kappa shape index (κ3) is 4.71. The van der Waals surface area contributed by atoms with Crippen molar-refractivity contribution in [2.75, 3.05) is 13.1 Å². The molecule has 0 aliphatic carbocycles. The molecule has 1 amide bonds. The fourth-order valence-corrected chi connectivity index (χ4v) is 3.33. The maximum atomic E-state index is 12.9. The predicted molar refractivity (Wildman–Crippen MR) is 112 cm³/mol. The Labute approximate surface area is 166 Å². The summed E-state index contributed by atoms with van der Waals surface area (Å²) in [5, 5.41) is 0. The van der Waals surface area contributed by atoms with E-state index in [0.717, 1.165) is 48.5 Å². The molecule has 1 heterocycles. The van der Waals surface area contributed by atoms with Gasteiger partial charge in [0.15, 0.2) is 0 Å². The van der Waals surface area contributed by atoms with Crippen molar-refractivity contribution in [1.82, 2.24) is 14.5 Å². The van der Waals surface area contributed by atoms with E-state index < -0.39 is 0 Å². The summed E-state index contributed by atoms with van der Waals surface area (Å²) in [5.74, 6) is 1.70. The first-order valence-electron chi connectivity index (χ1n) is 10.0. The Bertz CT molecular complexity index is 909. The van der Waals surface area contributed by atoms with E-state index in [0.29, 0.717) is 6.61 Å².